The van der Waals surface area contributed by atoms with Crippen molar-refractivity contribution in [2.24, 2.45) is 0 Å². The standard InChI is InChI=1S/C11H23F2N/c1-4-7-11(8-5-2,10(12)13)14-9-6-3/h10,14H,4-9H2,1-3H3. The van der Waals surface area contributed by atoms with E-state index in [0.29, 0.717) is 19.4 Å². The van der Waals surface area contributed by atoms with Crippen LogP contribution in [0.1, 0.15) is 52.9 Å². The van der Waals surface area contributed by atoms with Crippen molar-refractivity contribution in [2.45, 2.75) is 64.8 Å². The Balaban J connectivity index is 4.38. The highest BCUT2D eigenvalue weighted by Crippen LogP contribution is 2.27. The molecule has 0 atom stereocenters. The lowest BCUT2D eigenvalue weighted by Gasteiger charge is -2.34. The Bertz CT molecular complexity index is 131. The molecule has 0 heterocycles. The minimum Gasteiger partial charge on any atom is -0.306 e. The fourth-order valence-electron chi connectivity index (χ4n) is 1.86. The maximum absolute atomic E-state index is 13.0. The van der Waals surface area contributed by atoms with E-state index < -0.39 is 12.0 Å². The SMILES string of the molecule is CCCNC(CCC)(CCC)C(F)F. The molecule has 0 aliphatic rings. The molecule has 0 amide bonds. The van der Waals surface area contributed by atoms with Crippen LogP contribution in [0.25, 0.3) is 0 Å². The number of hydrogen-bond acceptors (Lipinski definition) is 1. The number of alkyl halides is 2. The van der Waals surface area contributed by atoms with Gasteiger partial charge in [-0.1, -0.05) is 33.6 Å². The zero-order valence-electron chi connectivity index (χ0n) is 9.58. The Morgan fingerprint density at radius 1 is 1.00 bits per heavy atom. The van der Waals surface area contributed by atoms with Gasteiger partial charge in [0.2, 0.25) is 0 Å². The number of halogens is 2. The maximum atomic E-state index is 13.0. The zero-order valence-corrected chi connectivity index (χ0v) is 9.58. The fraction of sp³-hybridized carbons (Fsp3) is 1.00. The highest BCUT2D eigenvalue weighted by molar-refractivity contribution is 4.89. The van der Waals surface area contributed by atoms with Crippen LogP contribution >= 0.6 is 0 Å². The molecule has 0 spiro atoms. The molecule has 1 N–H and O–H groups in total. The van der Waals surface area contributed by atoms with E-state index in [1.807, 2.05) is 20.8 Å². The van der Waals surface area contributed by atoms with Crippen LogP contribution in [0.2, 0.25) is 0 Å². The average molecular weight is 207 g/mol. The molecular formula is C11H23F2N. The lowest BCUT2D eigenvalue weighted by Crippen LogP contribution is -2.51. The Morgan fingerprint density at radius 3 is 1.79 bits per heavy atom. The van der Waals surface area contributed by atoms with Crippen molar-refractivity contribution in [1.29, 1.82) is 0 Å². The third-order valence-corrected chi connectivity index (χ3v) is 2.54. The van der Waals surface area contributed by atoms with E-state index >= 15 is 0 Å². The number of rotatable bonds is 8. The summed E-state index contributed by atoms with van der Waals surface area (Å²) in [5, 5.41) is 3.03. The molecule has 0 unspecified atom stereocenters. The van der Waals surface area contributed by atoms with E-state index in [1.54, 1.807) is 0 Å². The summed E-state index contributed by atoms with van der Waals surface area (Å²) in [6, 6.07) is 0. The van der Waals surface area contributed by atoms with Gasteiger partial charge < -0.3 is 5.32 Å². The third-order valence-electron chi connectivity index (χ3n) is 2.54. The van der Waals surface area contributed by atoms with Crippen molar-refractivity contribution in [3.05, 3.63) is 0 Å². The van der Waals surface area contributed by atoms with Gasteiger partial charge in [-0.2, -0.15) is 0 Å². The molecule has 3 heteroatoms. The van der Waals surface area contributed by atoms with Crippen LogP contribution in [-0.2, 0) is 0 Å². The molecule has 0 aromatic carbocycles. The van der Waals surface area contributed by atoms with Gasteiger partial charge in [-0.3, -0.25) is 0 Å². The number of hydrogen-bond donors (Lipinski definition) is 1. The van der Waals surface area contributed by atoms with Crippen molar-refractivity contribution in [3.63, 3.8) is 0 Å². The first-order valence-electron chi connectivity index (χ1n) is 5.66. The predicted octanol–water partition coefficient (Wildman–Crippen LogP) is 3.59. The van der Waals surface area contributed by atoms with Crippen molar-refractivity contribution in [3.8, 4) is 0 Å². The molecule has 0 saturated carbocycles. The zero-order chi connectivity index (χ0) is 11.0. The summed E-state index contributed by atoms with van der Waals surface area (Å²) in [4.78, 5) is 0. The van der Waals surface area contributed by atoms with E-state index in [0.717, 1.165) is 19.3 Å². The van der Waals surface area contributed by atoms with Gasteiger partial charge in [-0.15, -0.1) is 0 Å². The van der Waals surface area contributed by atoms with E-state index in [4.69, 9.17) is 0 Å². The molecule has 0 bridgehead atoms. The van der Waals surface area contributed by atoms with Gasteiger partial charge in [0, 0.05) is 0 Å². The molecule has 86 valence electrons. The van der Waals surface area contributed by atoms with E-state index in [2.05, 4.69) is 5.32 Å². The third kappa shape index (κ3) is 3.91. The molecule has 0 aromatic heterocycles. The van der Waals surface area contributed by atoms with E-state index in [9.17, 15) is 8.78 Å². The summed E-state index contributed by atoms with van der Waals surface area (Å²) in [6.45, 7) is 6.60. The summed E-state index contributed by atoms with van der Waals surface area (Å²) in [7, 11) is 0. The monoisotopic (exact) mass is 207 g/mol. The molecule has 0 radical (unpaired) electrons. The normalized spacial score (nSPS) is 12.4. The first kappa shape index (κ1) is 13.8. The van der Waals surface area contributed by atoms with Gasteiger partial charge in [0.05, 0.1) is 5.54 Å². The van der Waals surface area contributed by atoms with Crippen LogP contribution in [0.3, 0.4) is 0 Å². The second-order valence-corrected chi connectivity index (χ2v) is 3.88. The highest BCUT2D eigenvalue weighted by atomic mass is 19.3. The van der Waals surface area contributed by atoms with E-state index in [-0.39, 0.29) is 0 Å². The summed E-state index contributed by atoms with van der Waals surface area (Å²) in [6.07, 6.45) is 1.40. The van der Waals surface area contributed by atoms with Crippen LogP contribution in [0, 0.1) is 0 Å². The fourth-order valence-corrected chi connectivity index (χ4v) is 1.86. The van der Waals surface area contributed by atoms with Crippen molar-refractivity contribution >= 4 is 0 Å². The second-order valence-electron chi connectivity index (χ2n) is 3.88. The summed E-state index contributed by atoms with van der Waals surface area (Å²) in [5.74, 6) is 0. The van der Waals surface area contributed by atoms with Crippen LogP contribution in [0.15, 0.2) is 0 Å². The Labute approximate surface area is 86.3 Å². The van der Waals surface area contributed by atoms with Crippen LogP contribution < -0.4 is 5.32 Å². The largest absolute Gasteiger partial charge is 0.306 e. The topological polar surface area (TPSA) is 12.0 Å². The Hall–Kier alpha value is -0.180. The van der Waals surface area contributed by atoms with Gasteiger partial charge in [-0.05, 0) is 25.8 Å². The average Bonchev–Trinajstić information content (AvgIpc) is 2.14. The van der Waals surface area contributed by atoms with Crippen LogP contribution in [0.4, 0.5) is 8.78 Å². The molecule has 0 aliphatic carbocycles. The second kappa shape index (κ2) is 7.16. The molecular weight excluding hydrogens is 184 g/mol. The minimum atomic E-state index is -2.26. The van der Waals surface area contributed by atoms with Gasteiger partial charge in [0.1, 0.15) is 0 Å². The van der Waals surface area contributed by atoms with Gasteiger partial charge in [-0.25, -0.2) is 8.78 Å². The molecule has 0 rings (SSSR count). The van der Waals surface area contributed by atoms with Crippen molar-refractivity contribution in [2.75, 3.05) is 6.54 Å². The molecule has 0 aromatic rings. The summed E-state index contributed by atoms with van der Waals surface area (Å²) in [5.41, 5.74) is -0.931. The summed E-state index contributed by atoms with van der Waals surface area (Å²) < 4.78 is 26.0. The lowest BCUT2D eigenvalue weighted by molar-refractivity contribution is 0.0178. The number of nitrogens with one attached hydrogen (secondary N) is 1. The Kier molecular flexibility index (Phi) is 7.06. The van der Waals surface area contributed by atoms with Gasteiger partial charge in [0.25, 0.3) is 6.43 Å². The van der Waals surface area contributed by atoms with Crippen LogP contribution in [0.5, 0.6) is 0 Å². The van der Waals surface area contributed by atoms with Crippen molar-refractivity contribution in [1.82, 2.24) is 5.32 Å². The maximum Gasteiger partial charge on any atom is 0.256 e. The van der Waals surface area contributed by atoms with Gasteiger partial charge in [0.15, 0.2) is 0 Å². The molecule has 14 heavy (non-hydrogen) atoms. The highest BCUT2D eigenvalue weighted by Gasteiger charge is 2.37. The predicted molar refractivity (Wildman–Crippen MR) is 56.8 cm³/mol. The Morgan fingerprint density at radius 2 is 1.50 bits per heavy atom. The molecule has 0 aliphatic heterocycles. The first-order chi connectivity index (χ1) is 6.63. The molecule has 1 nitrogen and oxygen atoms in total. The van der Waals surface area contributed by atoms with Crippen molar-refractivity contribution < 1.29 is 8.78 Å². The van der Waals surface area contributed by atoms with Crippen LogP contribution in [-0.4, -0.2) is 18.5 Å². The van der Waals surface area contributed by atoms with E-state index in [1.165, 1.54) is 0 Å². The smallest absolute Gasteiger partial charge is 0.256 e. The summed E-state index contributed by atoms with van der Waals surface area (Å²) >= 11 is 0. The molecule has 0 saturated heterocycles. The minimum absolute atomic E-state index is 0.568. The lowest BCUT2D eigenvalue weighted by atomic mass is 9.89. The first-order valence-corrected chi connectivity index (χ1v) is 5.66. The van der Waals surface area contributed by atoms with Gasteiger partial charge >= 0.3 is 0 Å². The quantitative estimate of drug-likeness (QED) is 0.641. The molecule has 0 fully saturated rings.